The molecular formula is C17H27NS. The summed E-state index contributed by atoms with van der Waals surface area (Å²) in [5.41, 5.74) is 8.95. The Labute approximate surface area is 122 Å². The number of hydrogen-bond donors (Lipinski definition) is 1. The molecule has 0 aliphatic heterocycles. The van der Waals surface area contributed by atoms with Crippen LogP contribution in [-0.4, -0.2) is 11.3 Å². The molecule has 0 bridgehead atoms. The van der Waals surface area contributed by atoms with Crippen LogP contribution in [0.3, 0.4) is 0 Å². The van der Waals surface area contributed by atoms with E-state index in [1.807, 2.05) is 0 Å². The zero-order valence-electron chi connectivity index (χ0n) is 12.4. The van der Waals surface area contributed by atoms with Gasteiger partial charge < -0.3 is 5.73 Å². The van der Waals surface area contributed by atoms with E-state index >= 15 is 0 Å². The molecule has 0 radical (unpaired) electrons. The molecule has 4 atom stereocenters. The maximum absolute atomic E-state index is 6.24. The molecule has 4 unspecified atom stereocenters. The first-order valence-electron chi connectivity index (χ1n) is 7.54. The van der Waals surface area contributed by atoms with Crippen LogP contribution in [0.25, 0.3) is 0 Å². The molecule has 19 heavy (non-hydrogen) atoms. The number of benzene rings is 1. The van der Waals surface area contributed by atoms with Crippen LogP contribution in [0, 0.1) is 12.8 Å². The first kappa shape index (κ1) is 14.9. The summed E-state index contributed by atoms with van der Waals surface area (Å²) in [6.07, 6.45) is 5.52. The molecule has 1 aliphatic rings. The normalized spacial score (nSPS) is 26.9. The Morgan fingerprint density at radius 2 is 1.89 bits per heavy atom. The van der Waals surface area contributed by atoms with Crippen molar-refractivity contribution in [1.29, 1.82) is 0 Å². The van der Waals surface area contributed by atoms with Crippen molar-refractivity contribution in [2.75, 3.05) is 0 Å². The molecule has 0 heterocycles. The van der Waals surface area contributed by atoms with E-state index in [0.717, 1.165) is 11.2 Å². The van der Waals surface area contributed by atoms with E-state index < -0.39 is 0 Å². The lowest BCUT2D eigenvalue weighted by molar-refractivity contribution is 0.393. The Bertz CT molecular complexity index is 385. The van der Waals surface area contributed by atoms with Gasteiger partial charge >= 0.3 is 0 Å². The maximum Gasteiger partial charge on any atom is 0.0448 e. The fourth-order valence-corrected chi connectivity index (χ4v) is 4.69. The number of aryl methyl sites for hydroxylation is 1. The minimum Gasteiger partial charge on any atom is -0.327 e. The van der Waals surface area contributed by atoms with Gasteiger partial charge in [-0.25, -0.2) is 0 Å². The number of nitrogens with two attached hydrogens (primary N) is 1. The topological polar surface area (TPSA) is 26.0 Å². The van der Waals surface area contributed by atoms with Crippen molar-refractivity contribution in [3.05, 3.63) is 35.4 Å². The van der Waals surface area contributed by atoms with E-state index in [1.54, 1.807) is 0 Å². The van der Waals surface area contributed by atoms with Gasteiger partial charge in [0.05, 0.1) is 0 Å². The molecule has 2 rings (SSSR count). The molecule has 0 aromatic heterocycles. The van der Waals surface area contributed by atoms with Crippen LogP contribution >= 0.6 is 11.8 Å². The summed E-state index contributed by atoms with van der Waals surface area (Å²) < 4.78 is 0. The summed E-state index contributed by atoms with van der Waals surface area (Å²) >= 11 is 2.11. The summed E-state index contributed by atoms with van der Waals surface area (Å²) in [7, 11) is 0. The van der Waals surface area contributed by atoms with Crippen LogP contribution in [0.2, 0.25) is 0 Å². The zero-order valence-corrected chi connectivity index (χ0v) is 13.2. The molecule has 106 valence electrons. The second-order valence-corrected chi connectivity index (χ2v) is 7.67. The smallest absolute Gasteiger partial charge is 0.0448 e. The van der Waals surface area contributed by atoms with Gasteiger partial charge in [0.1, 0.15) is 0 Å². The number of thioether (sulfide) groups is 1. The lowest BCUT2D eigenvalue weighted by Crippen LogP contribution is -2.26. The van der Waals surface area contributed by atoms with E-state index in [4.69, 9.17) is 5.73 Å². The summed E-state index contributed by atoms with van der Waals surface area (Å²) in [6.45, 7) is 6.67. The molecule has 1 fully saturated rings. The Morgan fingerprint density at radius 1 is 1.21 bits per heavy atom. The van der Waals surface area contributed by atoms with Gasteiger partial charge in [-0.3, -0.25) is 0 Å². The first-order valence-corrected chi connectivity index (χ1v) is 8.48. The van der Waals surface area contributed by atoms with E-state index in [1.165, 1.54) is 36.8 Å². The van der Waals surface area contributed by atoms with Crippen molar-refractivity contribution in [1.82, 2.24) is 0 Å². The van der Waals surface area contributed by atoms with Gasteiger partial charge in [-0.2, -0.15) is 0 Å². The van der Waals surface area contributed by atoms with Gasteiger partial charge in [0.2, 0.25) is 0 Å². The maximum atomic E-state index is 6.24. The molecule has 1 aromatic rings. The molecule has 0 saturated heterocycles. The predicted octanol–water partition coefficient (Wildman–Crippen LogP) is 4.70. The van der Waals surface area contributed by atoms with Crippen molar-refractivity contribution in [3.63, 3.8) is 0 Å². The average molecular weight is 277 g/mol. The predicted molar refractivity (Wildman–Crippen MR) is 86.6 cm³/mol. The van der Waals surface area contributed by atoms with Gasteiger partial charge in [0, 0.05) is 16.5 Å². The quantitative estimate of drug-likeness (QED) is 0.863. The van der Waals surface area contributed by atoms with E-state index in [2.05, 4.69) is 56.8 Å². The summed E-state index contributed by atoms with van der Waals surface area (Å²) in [5.74, 6) is 0.887. The van der Waals surface area contributed by atoms with Crippen LogP contribution in [0.4, 0.5) is 0 Å². The Morgan fingerprint density at radius 3 is 2.47 bits per heavy atom. The highest BCUT2D eigenvalue weighted by atomic mass is 32.2. The molecule has 0 spiro atoms. The minimum atomic E-state index is 0.213. The minimum absolute atomic E-state index is 0.213. The zero-order chi connectivity index (χ0) is 13.8. The summed E-state index contributed by atoms with van der Waals surface area (Å²) in [5, 5.41) is 1.23. The van der Waals surface area contributed by atoms with Crippen molar-refractivity contribution in [3.8, 4) is 0 Å². The molecule has 2 N–H and O–H groups in total. The molecule has 1 nitrogen and oxygen atoms in total. The van der Waals surface area contributed by atoms with Crippen molar-refractivity contribution in [2.45, 2.75) is 63.0 Å². The Kier molecular flexibility index (Phi) is 5.35. The monoisotopic (exact) mass is 277 g/mol. The third-order valence-electron chi connectivity index (χ3n) is 4.11. The largest absolute Gasteiger partial charge is 0.327 e. The first-order chi connectivity index (χ1) is 9.06. The number of rotatable bonds is 4. The molecule has 1 aliphatic carbocycles. The van der Waals surface area contributed by atoms with Crippen LogP contribution in [0.5, 0.6) is 0 Å². The molecular weight excluding hydrogens is 250 g/mol. The van der Waals surface area contributed by atoms with Gasteiger partial charge in [0.15, 0.2) is 0 Å². The van der Waals surface area contributed by atoms with Crippen molar-refractivity contribution < 1.29 is 0 Å². The van der Waals surface area contributed by atoms with Crippen molar-refractivity contribution in [2.24, 2.45) is 11.7 Å². The van der Waals surface area contributed by atoms with E-state index in [0.29, 0.717) is 5.25 Å². The molecule has 2 heteroatoms. The van der Waals surface area contributed by atoms with Gasteiger partial charge in [-0.05, 0) is 38.2 Å². The van der Waals surface area contributed by atoms with Crippen LogP contribution in [0.15, 0.2) is 24.3 Å². The summed E-state index contributed by atoms with van der Waals surface area (Å²) in [4.78, 5) is 0. The SMILES string of the molecule is Cc1ccc(C(SC2CCCC(C)C2)C(C)N)cc1. The standard InChI is InChI=1S/C17H27NS/c1-12-7-9-15(10-8-12)17(14(3)18)19-16-6-4-5-13(2)11-16/h7-10,13-14,16-17H,4-6,11,18H2,1-3H3. The lowest BCUT2D eigenvalue weighted by atomic mass is 9.90. The highest BCUT2D eigenvalue weighted by molar-refractivity contribution is 8.00. The van der Waals surface area contributed by atoms with Crippen molar-refractivity contribution >= 4 is 11.8 Å². The number of hydrogen-bond acceptors (Lipinski definition) is 2. The highest BCUT2D eigenvalue weighted by Crippen LogP contribution is 2.41. The highest BCUT2D eigenvalue weighted by Gasteiger charge is 2.25. The van der Waals surface area contributed by atoms with E-state index in [-0.39, 0.29) is 6.04 Å². The van der Waals surface area contributed by atoms with Crippen LogP contribution in [0.1, 0.15) is 55.9 Å². The molecule has 1 aromatic carbocycles. The lowest BCUT2D eigenvalue weighted by Gasteiger charge is -2.31. The average Bonchev–Trinajstić information content (AvgIpc) is 2.37. The second kappa shape index (κ2) is 6.81. The van der Waals surface area contributed by atoms with Gasteiger partial charge in [-0.15, -0.1) is 11.8 Å². The van der Waals surface area contributed by atoms with Crippen LogP contribution < -0.4 is 5.73 Å². The fraction of sp³-hybridized carbons (Fsp3) is 0.647. The molecule has 1 saturated carbocycles. The van der Waals surface area contributed by atoms with Crippen LogP contribution in [-0.2, 0) is 0 Å². The Hall–Kier alpha value is -0.470. The van der Waals surface area contributed by atoms with Gasteiger partial charge in [0.25, 0.3) is 0 Å². The third kappa shape index (κ3) is 4.25. The van der Waals surface area contributed by atoms with Gasteiger partial charge in [-0.1, -0.05) is 49.6 Å². The van der Waals surface area contributed by atoms with E-state index in [9.17, 15) is 0 Å². The second-order valence-electron chi connectivity index (χ2n) is 6.22. The Balaban J connectivity index is 2.05. The molecule has 0 amide bonds. The fourth-order valence-electron chi connectivity index (χ4n) is 2.97. The summed E-state index contributed by atoms with van der Waals surface area (Å²) in [6, 6.07) is 9.12. The third-order valence-corrected chi connectivity index (χ3v) is 5.92.